The molecule has 8 heteroatoms. The Morgan fingerprint density at radius 3 is 2.55 bits per heavy atom. The van der Waals surface area contributed by atoms with Gasteiger partial charge in [0, 0.05) is 7.11 Å². The molecule has 0 radical (unpaired) electrons. The van der Waals surface area contributed by atoms with Gasteiger partial charge in [0.2, 0.25) is 0 Å². The number of halogens is 3. The van der Waals surface area contributed by atoms with Crippen LogP contribution in [-0.4, -0.2) is 20.3 Å². The van der Waals surface area contributed by atoms with Crippen LogP contribution in [0.15, 0.2) is 4.52 Å². The van der Waals surface area contributed by atoms with Gasteiger partial charge in [0.1, 0.15) is 0 Å². The van der Waals surface area contributed by atoms with Gasteiger partial charge in [-0.2, -0.15) is 17.1 Å². The molecule has 11 heavy (non-hydrogen) atoms. The maximum absolute atomic E-state index is 12.2. The lowest BCUT2D eigenvalue weighted by molar-refractivity contribution is 0.151. The van der Waals surface area contributed by atoms with Crippen LogP contribution in [0.4, 0.5) is 12.6 Å². The lowest BCUT2D eigenvalue weighted by atomic mass is 10.8. The van der Waals surface area contributed by atoms with E-state index >= 15 is 0 Å². The van der Waals surface area contributed by atoms with Crippen LogP contribution in [0.1, 0.15) is 0 Å². The molecule has 0 fully saturated rings. The number of ether oxygens (including phenoxy) is 1. The van der Waals surface area contributed by atoms with Gasteiger partial charge in [0.05, 0.1) is 13.2 Å². The highest BCUT2D eigenvalue weighted by molar-refractivity contribution is 7.53. The first-order chi connectivity index (χ1) is 5.16. The van der Waals surface area contributed by atoms with Gasteiger partial charge in [-0.15, -0.1) is 0 Å². The average Bonchev–Trinajstić information content (AvgIpc) is 1.86. The van der Waals surface area contributed by atoms with Crippen molar-refractivity contribution in [3.05, 3.63) is 0 Å². The third kappa shape index (κ3) is 8.27. The van der Waals surface area contributed by atoms with Crippen molar-refractivity contribution in [1.29, 1.82) is 0 Å². The summed E-state index contributed by atoms with van der Waals surface area (Å²) in [5.74, 6) is 0. The summed E-state index contributed by atoms with van der Waals surface area (Å²) in [5, 5.41) is 0. The fourth-order valence-corrected chi connectivity index (χ4v) is 1.26. The molecule has 0 saturated carbocycles. The summed E-state index contributed by atoms with van der Waals surface area (Å²) in [6.45, 7) is 0.151. The first-order valence-corrected chi connectivity index (χ1v) is 4.95. The maximum Gasteiger partial charge on any atom is 0.395 e. The summed E-state index contributed by atoms with van der Waals surface area (Å²) in [5.41, 5.74) is 0. The average molecular weight is 209 g/mol. The summed E-state index contributed by atoms with van der Waals surface area (Å²) in [6.07, 6.45) is 0. The SMILES string of the molecule is COCCO/[PH](F)=N/P(F)F. The van der Waals surface area contributed by atoms with Crippen molar-refractivity contribution in [3.63, 3.8) is 0 Å². The first kappa shape index (κ1) is 11.4. The summed E-state index contributed by atoms with van der Waals surface area (Å²) in [4.78, 5) is 0. The van der Waals surface area contributed by atoms with Crippen LogP contribution >= 0.6 is 16.9 Å². The minimum atomic E-state index is -3.53. The van der Waals surface area contributed by atoms with Gasteiger partial charge in [0.25, 0.3) is 8.25 Å². The molecule has 1 unspecified atom stereocenters. The number of nitrogens with zero attached hydrogens (tertiary/aromatic N) is 1. The highest BCUT2D eigenvalue weighted by atomic mass is 31.2. The standard InChI is InChI=1S/C3H8F3NO2P2/c1-8-2-3-9-11(6)7-10(4)5/h11H,2-3H2,1H3. The zero-order chi connectivity index (χ0) is 8.69. The second-order valence-electron chi connectivity index (χ2n) is 1.41. The number of hydrogen-bond donors (Lipinski definition) is 0. The fraction of sp³-hybridized carbons (Fsp3) is 1.00. The molecule has 68 valence electrons. The van der Waals surface area contributed by atoms with E-state index in [9.17, 15) is 12.6 Å². The van der Waals surface area contributed by atoms with Crippen molar-refractivity contribution in [3.8, 4) is 0 Å². The molecule has 3 nitrogen and oxygen atoms in total. The third-order valence-electron chi connectivity index (χ3n) is 0.663. The van der Waals surface area contributed by atoms with E-state index in [0.717, 1.165) is 0 Å². The van der Waals surface area contributed by atoms with Crippen LogP contribution in [0, 0.1) is 0 Å². The molecule has 0 aliphatic carbocycles. The Hall–Kier alpha value is 0.370. The lowest BCUT2D eigenvalue weighted by Gasteiger charge is -1.98. The molecule has 0 aliphatic heterocycles. The van der Waals surface area contributed by atoms with Crippen molar-refractivity contribution >= 4 is 16.9 Å². The van der Waals surface area contributed by atoms with Gasteiger partial charge in [-0.1, -0.05) is 0 Å². The number of rotatable bonds is 5. The molecule has 0 spiro atoms. The van der Waals surface area contributed by atoms with Gasteiger partial charge in [-0.25, -0.2) is 0 Å². The van der Waals surface area contributed by atoms with Crippen LogP contribution in [-0.2, 0) is 9.26 Å². The molecule has 0 aromatic heterocycles. The van der Waals surface area contributed by atoms with E-state index in [1.165, 1.54) is 7.11 Å². The topological polar surface area (TPSA) is 30.8 Å². The van der Waals surface area contributed by atoms with Crippen molar-refractivity contribution in [2.45, 2.75) is 0 Å². The molecule has 0 aliphatic rings. The summed E-state index contributed by atoms with van der Waals surface area (Å²) in [6, 6.07) is 0. The van der Waals surface area contributed by atoms with Crippen LogP contribution in [0.2, 0.25) is 0 Å². The van der Waals surface area contributed by atoms with E-state index in [4.69, 9.17) is 0 Å². The van der Waals surface area contributed by atoms with Gasteiger partial charge in [-0.05, 0) is 0 Å². The maximum atomic E-state index is 12.2. The highest BCUT2D eigenvalue weighted by Gasteiger charge is 2.02. The Labute approximate surface area is 64.6 Å². The molecule has 0 rings (SSSR count). The minimum Gasteiger partial charge on any atom is -0.382 e. The van der Waals surface area contributed by atoms with Gasteiger partial charge >= 0.3 is 8.69 Å². The van der Waals surface area contributed by atoms with Crippen LogP contribution in [0.25, 0.3) is 0 Å². The Bertz CT molecular complexity index is 134. The predicted octanol–water partition coefficient (Wildman–Crippen LogP) is 3.01. The Morgan fingerprint density at radius 2 is 2.09 bits per heavy atom. The van der Waals surface area contributed by atoms with Crippen LogP contribution in [0.5, 0.6) is 0 Å². The molecule has 0 aromatic carbocycles. The molecule has 0 heterocycles. The van der Waals surface area contributed by atoms with Crippen molar-refractivity contribution in [2.24, 2.45) is 4.52 Å². The van der Waals surface area contributed by atoms with E-state index in [1.807, 2.05) is 0 Å². The van der Waals surface area contributed by atoms with Crippen molar-refractivity contribution in [1.82, 2.24) is 0 Å². The smallest absolute Gasteiger partial charge is 0.382 e. The van der Waals surface area contributed by atoms with E-state index in [2.05, 4.69) is 13.8 Å². The molecule has 0 aromatic rings. The summed E-state index contributed by atoms with van der Waals surface area (Å²) >= 11 is 0. The molecule has 0 N–H and O–H groups in total. The van der Waals surface area contributed by atoms with E-state index < -0.39 is 16.9 Å². The fourth-order valence-electron chi connectivity index (χ4n) is 0.298. The van der Waals surface area contributed by atoms with Crippen LogP contribution in [0.3, 0.4) is 0 Å². The lowest BCUT2D eigenvalue weighted by Crippen LogP contribution is -1.94. The third-order valence-corrected chi connectivity index (χ3v) is 2.34. The zero-order valence-corrected chi connectivity index (χ0v) is 7.65. The Kier molecular flexibility index (Phi) is 7.28. The largest absolute Gasteiger partial charge is 0.395 e. The van der Waals surface area contributed by atoms with Gasteiger partial charge in [0.15, 0.2) is 0 Å². The molecule has 1 atom stereocenters. The molecule has 0 bridgehead atoms. The highest BCUT2D eigenvalue weighted by Crippen LogP contribution is 2.49. The van der Waals surface area contributed by atoms with E-state index in [0.29, 0.717) is 0 Å². The zero-order valence-electron chi connectivity index (χ0n) is 5.76. The van der Waals surface area contributed by atoms with Crippen LogP contribution < -0.4 is 0 Å². The van der Waals surface area contributed by atoms with Crippen molar-refractivity contribution < 1.29 is 21.9 Å². The Morgan fingerprint density at radius 1 is 1.45 bits per heavy atom. The monoisotopic (exact) mass is 209 g/mol. The number of methoxy groups -OCH3 is 1. The molecule has 0 saturated heterocycles. The molecular weight excluding hydrogens is 201 g/mol. The van der Waals surface area contributed by atoms with Gasteiger partial charge in [-0.3, -0.25) is 0 Å². The first-order valence-electron chi connectivity index (χ1n) is 2.64. The number of hydrogen-bond acceptors (Lipinski definition) is 3. The van der Waals surface area contributed by atoms with Gasteiger partial charge < -0.3 is 9.26 Å². The van der Waals surface area contributed by atoms with E-state index in [-0.39, 0.29) is 13.2 Å². The predicted molar refractivity (Wildman–Crippen MR) is 38.8 cm³/mol. The second-order valence-corrected chi connectivity index (χ2v) is 3.43. The minimum absolute atomic E-state index is 0.0338. The molecule has 0 amide bonds. The summed E-state index contributed by atoms with van der Waals surface area (Å²) < 4.78 is 46.1. The quantitative estimate of drug-likeness (QED) is 0.514. The van der Waals surface area contributed by atoms with E-state index in [1.54, 1.807) is 0 Å². The summed E-state index contributed by atoms with van der Waals surface area (Å²) in [7, 11) is -5.26. The second kappa shape index (κ2) is 7.04. The molecular formula is C3H8F3NO2P2. The van der Waals surface area contributed by atoms with Crippen molar-refractivity contribution in [2.75, 3.05) is 20.3 Å². The normalized spacial score (nSPS) is 14.3. The Balaban J connectivity index is 3.43.